The molecule has 2 heterocycles. The van der Waals surface area contributed by atoms with Gasteiger partial charge in [-0.25, -0.2) is 4.79 Å². The van der Waals surface area contributed by atoms with Crippen LogP contribution in [0.1, 0.15) is 43.9 Å². The van der Waals surface area contributed by atoms with Crippen molar-refractivity contribution in [1.29, 1.82) is 0 Å². The minimum Gasteiger partial charge on any atom is -0.493 e. The highest BCUT2D eigenvalue weighted by Crippen LogP contribution is 2.33. The quantitative estimate of drug-likeness (QED) is 0.825. The van der Waals surface area contributed by atoms with Crippen LogP contribution in [-0.2, 0) is 28.9 Å². The van der Waals surface area contributed by atoms with Crippen LogP contribution in [0.25, 0.3) is 0 Å². The summed E-state index contributed by atoms with van der Waals surface area (Å²) in [5.41, 5.74) is 2.63. The Balaban J connectivity index is 1.80. The summed E-state index contributed by atoms with van der Waals surface area (Å²) in [6.45, 7) is 6.50. The average molecular weight is 332 g/mol. The lowest BCUT2D eigenvalue weighted by Gasteiger charge is -2.23. The van der Waals surface area contributed by atoms with Crippen LogP contribution >= 0.6 is 0 Å². The van der Waals surface area contributed by atoms with E-state index in [9.17, 15) is 9.59 Å². The van der Waals surface area contributed by atoms with E-state index in [1.54, 1.807) is 20.8 Å². The van der Waals surface area contributed by atoms with Crippen molar-refractivity contribution in [3.8, 4) is 5.75 Å². The van der Waals surface area contributed by atoms with Crippen molar-refractivity contribution in [1.82, 2.24) is 10.6 Å². The van der Waals surface area contributed by atoms with Crippen LogP contribution in [-0.4, -0.2) is 30.3 Å². The van der Waals surface area contributed by atoms with E-state index in [-0.39, 0.29) is 5.91 Å². The van der Waals surface area contributed by atoms with Crippen LogP contribution in [0.3, 0.4) is 0 Å². The van der Waals surface area contributed by atoms with Gasteiger partial charge in [0.25, 0.3) is 0 Å². The third-order valence-corrected chi connectivity index (χ3v) is 4.15. The minimum atomic E-state index is -0.650. The maximum absolute atomic E-state index is 12.3. The predicted molar refractivity (Wildman–Crippen MR) is 89.0 cm³/mol. The molecule has 2 amide bonds. The molecule has 1 aromatic rings. The van der Waals surface area contributed by atoms with Gasteiger partial charge in [0.2, 0.25) is 5.91 Å². The molecule has 0 spiro atoms. The van der Waals surface area contributed by atoms with Crippen molar-refractivity contribution >= 4 is 12.0 Å². The zero-order valence-electron chi connectivity index (χ0n) is 14.4. The number of aryl methyl sites for hydroxylation is 1. The average Bonchev–Trinajstić information content (AvgIpc) is 2.65. The van der Waals surface area contributed by atoms with Crippen molar-refractivity contribution in [2.24, 2.45) is 0 Å². The summed E-state index contributed by atoms with van der Waals surface area (Å²) < 4.78 is 11.1. The van der Waals surface area contributed by atoms with E-state index in [0.29, 0.717) is 19.6 Å². The number of carbonyl (C=O) groups is 2. The smallest absolute Gasteiger partial charge is 0.408 e. The molecule has 0 bridgehead atoms. The number of ether oxygens (including phenoxy) is 2. The van der Waals surface area contributed by atoms with Crippen molar-refractivity contribution in [3.05, 3.63) is 28.8 Å². The predicted octanol–water partition coefficient (Wildman–Crippen LogP) is 2.08. The maximum atomic E-state index is 12.3. The Kier molecular flexibility index (Phi) is 4.39. The van der Waals surface area contributed by atoms with E-state index >= 15 is 0 Å². The summed E-state index contributed by atoms with van der Waals surface area (Å²) in [7, 11) is 0. The molecule has 0 saturated carbocycles. The van der Waals surface area contributed by atoms with Gasteiger partial charge in [0.05, 0.1) is 6.61 Å². The molecular formula is C18H24N2O4. The summed E-state index contributed by atoms with van der Waals surface area (Å²) >= 11 is 0. The molecule has 0 unspecified atom stereocenters. The van der Waals surface area contributed by atoms with Crippen molar-refractivity contribution in [2.75, 3.05) is 6.61 Å². The first-order chi connectivity index (χ1) is 11.3. The first-order valence-corrected chi connectivity index (χ1v) is 8.37. The van der Waals surface area contributed by atoms with E-state index in [0.717, 1.165) is 29.7 Å². The number of fused-ring (bicyclic) bond motifs is 3. The standard InChI is InChI=1S/C18H24N2O4/c1-18(2,3)24-17(22)20-14-9-12-7-6-11-5-4-8-23-15(11)13(12)10-19-16(14)21/h6-7,14H,4-5,8-10H2,1-3H3,(H,19,21)(H,20,22)/t14-/m0/s1. The van der Waals surface area contributed by atoms with Gasteiger partial charge in [0, 0.05) is 18.5 Å². The summed E-state index contributed by atoms with van der Waals surface area (Å²) in [4.78, 5) is 24.3. The number of rotatable bonds is 1. The number of hydrogen-bond donors (Lipinski definition) is 2. The van der Waals surface area contributed by atoms with Crippen LogP contribution in [0.5, 0.6) is 5.75 Å². The number of amides is 2. The van der Waals surface area contributed by atoms with Crippen LogP contribution in [0.4, 0.5) is 4.79 Å². The molecule has 1 aromatic carbocycles. The number of nitrogens with one attached hydrogen (secondary N) is 2. The minimum absolute atomic E-state index is 0.207. The molecule has 0 saturated heterocycles. The Labute approximate surface area is 141 Å². The van der Waals surface area contributed by atoms with Gasteiger partial charge in [-0.2, -0.15) is 0 Å². The van der Waals surface area contributed by atoms with Crippen LogP contribution in [0, 0.1) is 0 Å². The van der Waals surface area contributed by atoms with Crippen LogP contribution in [0.15, 0.2) is 12.1 Å². The molecule has 0 aliphatic carbocycles. The van der Waals surface area contributed by atoms with Crippen molar-refractivity contribution in [2.45, 2.75) is 58.2 Å². The third kappa shape index (κ3) is 3.63. The fourth-order valence-electron chi connectivity index (χ4n) is 3.09. The molecule has 3 rings (SSSR count). The Bertz CT molecular complexity index is 664. The lowest BCUT2D eigenvalue weighted by atomic mass is 9.95. The molecule has 2 aliphatic rings. The van der Waals surface area contributed by atoms with E-state index in [2.05, 4.69) is 16.7 Å². The Morgan fingerprint density at radius 3 is 2.83 bits per heavy atom. The topological polar surface area (TPSA) is 76.7 Å². The van der Waals surface area contributed by atoms with Gasteiger partial charge in [-0.15, -0.1) is 0 Å². The van der Waals surface area contributed by atoms with Gasteiger partial charge in [-0.05, 0) is 44.7 Å². The van der Waals surface area contributed by atoms with Crippen LogP contribution < -0.4 is 15.4 Å². The van der Waals surface area contributed by atoms with Gasteiger partial charge < -0.3 is 20.1 Å². The molecular weight excluding hydrogens is 308 g/mol. The number of carbonyl (C=O) groups excluding carboxylic acids is 2. The molecule has 1 atom stereocenters. The fourth-order valence-corrected chi connectivity index (χ4v) is 3.09. The summed E-state index contributed by atoms with van der Waals surface area (Å²) in [6.07, 6.45) is 1.86. The highest BCUT2D eigenvalue weighted by Gasteiger charge is 2.29. The number of hydrogen-bond acceptors (Lipinski definition) is 4. The number of alkyl carbamates (subject to hydrolysis) is 1. The normalized spacial score (nSPS) is 20.0. The molecule has 0 fully saturated rings. The highest BCUT2D eigenvalue weighted by molar-refractivity contribution is 5.86. The summed E-state index contributed by atoms with van der Waals surface area (Å²) in [6, 6.07) is 3.45. The fraction of sp³-hybridized carbons (Fsp3) is 0.556. The molecule has 0 radical (unpaired) electrons. The van der Waals surface area contributed by atoms with E-state index in [4.69, 9.17) is 9.47 Å². The Morgan fingerprint density at radius 1 is 1.33 bits per heavy atom. The first kappa shape index (κ1) is 16.6. The molecule has 0 aromatic heterocycles. The zero-order valence-corrected chi connectivity index (χ0v) is 14.4. The first-order valence-electron chi connectivity index (χ1n) is 8.37. The van der Waals surface area contributed by atoms with E-state index in [1.165, 1.54) is 5.56 Å². The zero-order chi connectivity index (χ0) is 17.3. The molecule has 2 aliphatic heterocycles. The Morgan fingerprint density at radius 2 is 2.08 bits per heavy atom. The second-order valence-corrected chi connectivity index (χ2v) is 7.26. The summed E-state index contributed by atoms with van der Waals surface area (Å²) in [5, 5.41) is 5.55. The second-order valence-electron chi connectivity index (χ2n) is 7.26. The van der Waals surface area contributed by atoms with Gasteiger partial charge >= 0.3 is 6.09 Å². The molecule has 130 valence electrons. The SMILES string of the molecule is CC(C)(C)OC(=O)N[C@H]1Cc2ccc3c(c2CNC1=O)OCCC3. The van der Waals surface area contributed by atoms with Crippen molar-refractivity contribution < 1.29 is 19.1 Å². The van der Waals surface area contributed by atoms with E-state index < -0.39 is 17.7 Å². The van der Waals surface area contributed by atoms with Gasteiger partial charge in [-0.3, -0.25) is 4.79 Å². The van der Waals surface area contributed by atoms with Gasteiger partial charge in [0.1, 0.15) is 17.4 Å². The molecule has 2 N–H and O–H groups in total. The third-order valence-electron chi connectivity index (χ3n) is 4.15. The molecule has 24 heavy (non-hydrogen) atoms. The number of benzene rings is 1. The second kappa shape index (κ2) is 6.34. The van der Waals surface area contributed by atoms with Crippen LogP contribution in [0.2, 0.25) is 0 Å². The highest BCUT2D eigenvalue weighted by atomic mass is 16.6. The van der Waals surface area contributed by atoms with Crippen molar-refractivity contribution in [3.63, 3.8) is 0 Å². The van der Waals surface area contributed by atoms with E-state index in [1.807, 2.05) is 6.07 Å². The summed E-state index contributed by atoms with van der Waals surface area (Å²) in [5.74, 6) is 0.693. The monoisotopic (exact) mass is 332 g/mol. The van der Waals surface area contributed by atoms with Gasteiger partial charge in [-0.1, -0.05) is 12.1 Å². The Hall–Kier alpha value is -2.24. The molecule has 6 nitrogen and oxygen atoms in total. The lowest BCUT2D eigenvalue weighted by Crippen LogP contribution is -2.48. The lowest BCUT2D eigenvalue weighted by molar-refractivity contribution is -0.123. The molecule has 6 heteroatoms. The largest absolute Gasteiger partial charge is 0.493 e. The van der Waals surface area contributed by atoms with Gasteiger partial charge in [0.15, 0.2) is 0 Å². The maximum Gasteiger partial charge on any atom is 0.408 e.